The second kappa shape index (κ2) is 5.89. The molecule has 0 aromatic heterocycles. The number of carbonyl (C=O) groups is 1. The molecule has 122 valence electrons. The number of carbonyl (C=O) groups excluding carboxylic acids is 1. The van der Waals surface area contributed by atoms with Crippen molar-refractivity contribution in [2.45, 2.75) is 30.7 Å². The van der Waals surface area contributed by atoms with Crippen LogP contribution in [0.1, 0.15) is 19.8 Å². The zero-order valence-corrected chi connectivity index (χ0v) is 14.1. The number of aliphatic imine (C=N–C) groups is 1. The number of anilines is 1. The molecule has 2 N–H and O–H groups in total. The van der Waals surface area contributed by atoms with E-state index >= 15 is 0 Å². The molecule has 0 aliphatic carbocycles. The summed E-state index contributed by atoms with van der Waals surface area (Å²) >= 11 is 5.14. The van der Waals surface area contributed by atoms with E-state index in [9.17, 15) is 13.2 Å². The molecule has 2 aliphatic rings. The highest BCUT2D eigenvalue weighted by Gasteiger charge is 2.33. The number of rotatable bonds is 3. The number of nitrogens with one attached hydrogen (secondary N) is 2. The van der Waals surface area contributed by atoms with Crippen LogP contribution in [0.15, 0.2) is 34.2 Å². The van der Waals surface area contributed by atoms with Gasteiger partial charge in [-0.2, -0.15) is 0 Å². The summed E-state index contributed by atoms with van der Waals surface area (Å²) in [6.45, 7) is 2.34. The van der Waals surface area contributed by atoms with Crippen molar-refractivity contribution in [3.63, 3.8) is 0 Å². The van der Waals surface area contributed by atoms with Gasteiger partial charge in [0.2, 0.25) is 0 Å². The van der Waals surface area contributed by atoms with E-state index in [1.54, 1.807) is 19.1 Å². The Bertz CT molecular complexity index is 804. The lowest BCUT2D eigenvalue weighted by Gasteiger charge is -2.16. The number of nitrogens with zero attached hydrogens (tertiary/aromatic N) is 2. The van der Waals surface area contributed by atoms with Gasteiger partial charge in [-0.15, -0.1) is 0 Å². The summed E-state index contributed by atoms with van der Waals surface area (Å²) in [6, 6.07) is 5.72. The SMILES string of the molecule is CC1NC(=S)N(c2cccc(S(=O)(=O)NC3=NCCC3)c2)C1=O. The molecule has 0 spiro atoms. The third-order valence-electron chi connectivity index (χ3n) is 3.65. The Labute approximate surface area is 139 Å². The Morgan fingerprint density at radius 3 is 2.83 bits per heavy atom. The molecular weight excluding hydrogens is 336 g/mol. The molecule has 1 atom stereocenters. The van der Waals surface area contributed by atoms with Crippen molar-refractivity contribution in [1.82, 2.24) is 10.0 Å². The van der Waals surface area contributed by atoms with E-state index in [4.69, 9.17) is 12.2 Å². The van der Waals surface area contributed by atoms with Gasteiger partial charge in [-0.3, -0.25) is 19.4 Å². The van der Waals surface area contributed by atoms with E-state index in [-0.39, 0.29) is 15.9 Å². The molecule has 0 radical (unpaired) electrons. The average molecular weight is 352 g/mol. The van der Waals surface area contributed by atoms with Gasteiger partial charge in [-0.05, 0) is 43.8 Å². The maximum absolute atomic E-state index is 12.4. The molecule has 0 bridgehead atoms. The second-order valence-corrected chi connectivity index (χ2v) is 7.45. The fourth-order valence-corrected chi connectivity index (χ4v) is 3.98. The van der Waals surface area contributed by atoms with Crippen molar-refractivity contribution in [3.8, 4) is 0 Å². The standard InChI is InChI=1S/C14H16N4O3S2/c1-9-13(19)18(14(22)16-9)10-4-2-5-11(8-10)23(20,21)17-12-6-3-7-15-12/h2,4-5,8-9H,3,6-7H2,1H3,(H,15,17)(H,16,22). The van der Waals surface area contributed by atoms with Crippen LogP contribution in [-0.4, -0.2) is 37.9 Å². The Kier molecular flexibility index (Phi) is 4.07. The Morgan fingerprint density at radius 1 is 1.43 bits per heavy atom. The smallest absolute Gasteiger partial charge is 0.262 e. The number of sulfonamides is 1. The number of thiocarbonyl (C=S) groups is 1. The summed E-state index contributed by atoms with van der Waals surface area (Å²) < 4.78 is 27.4. The summed E-state index contributed by atoms with van der Waals surface area (Å²) in [5, 5.41) is 3.12. The lowest BCUT2D eigenvalue weighted by atomic mass is 10.2. The summed E-state index contributed by atoms with van der Waals surface area (Å²) in [5.74, 6) is 0.260. The van der Waals surface area contributed by atoms with Crippen molar-refractivity contribution in [2.75, 3.05) is 11.4 Å². The van der Waals surface area contributed by atoms with Crippen molar-refractivity contribution in [3.05, 3.63) is 24.3 Å². The van der Waals surface area contributed by atoms with Gasteiger partial charge in [0.1, 0.15) is 11.9 Å². The van der Waals surface area contributed by atoms with Crippen molar-refractivity contribution in [1.29, 1.82) is 0 Å². The summed E-state index contributed by atoms with van der Waals surface area (Å²) in [5.41, 5.74) is 0.424. The minimum atomic E-state index is -3.73. The van der Waals surface area contributed by atoms with Gasteiger partial charge in [-0.25, -0.2) is 8.42 Å². The normalized spacial score (nSPS) is 21.3. The van der Waals surface area contributed by atoms with Gasteiger partial charge in [0.15, 0.2) is 5.11 Å². The highest BCUT2D eigenvalue weighted by molar-refractivity contribution is 7.90. The third-order valence-corrected chi connectivity index (χ3v) is 5.33. The maximum atomic E-state index is 12.4. The predicted octanol–water partition coefficient (Wildman–Crippen LogP) is 0.767. The van der Waals surface area contributed by atoms with E-state index in [1.807, 2.05) is 0 Å². The third kappa shape index (κ3) is 3.06. The molecule has 3 rings (SSSR count). The zero-order valence-electron chi connectivity index (χ0n) is 12.4. The fourth-order valence-electron chi connectivity index (χ4n) is 2.48. The van der Waals surface area contributed by atoms with E-state index in [0.29, 0.717) is 24.5 Å². The first-order chi connectivity index (χ1) is 10.9. The van der Waals surface area contributed by atoms with Gasteiger partial charge >= 0.3 is 0 Å². The first kappa shape index (κ1) is 15.9. The molecule has 7 nitrogen and oxygen atoms in total. The second-order valence-electron chi connectivity index (χ2n) is 5.38. The number of hydrogen-bond acceptors (Lipinski definition) is 5. The van der Waals surface area contributed by atoms with Gasteiger partial charge < -0.3 is 5.32 Å². The van der Waals surface area contributed by atoms with Gasteiger partial charge in [0, 0.05) is 13.0 Å². The van der Waals surface area contributed by atoms with E-state index in [0.717, 1.165) is 6.42 Å². The summed E-state index contributed by atoms with van der Waals surface area (Å²) in [4.78, 5) is 17.6. The molecule has 2 heterocycles. The molecule has 0 saturated carbocycles. The molecule has 2 aliphatic heterocycles. The van der Waals surface area contributed by atoms with Crippen LogP contribution in [-0.2, 0) is 14.8 Å². The molecule has 1 amide bonds. The zero-order chi connectivity index (χ0) is 16.6. The van der Waals surface area contributed by atoms with Crippen molar-refractivity contribution < 1.29 is 13.2 Å². The van der Waals surface area contributed by atoms with E-state index in [1.165, 1.54) is 17.0 Å². The largest absolute Gasteiger partial charge is 0.350 e. The van der Waals surface area contributed by atoms with Crippen LogP contribution in [0, 0.1) is 0 Å². The van der Waals surface area contributed by atoms with Crippen LogP contribution in [0.25, 0.3) is 0 Å². The van der Waals surface area contributed by atoms with Crippen LogP contribution < -0.4 is 14.9 Å². The van der Waals surface area contributed by atoms with Crippen molar-refractivity contribution in [2.24, 2.45) is 4.99 Å². The number of hydrogen-bond donors (Lipinski definition) is 2. The number of amides is 1. The lowest BCUT2D eigenvalue weighted by Crippen LogP contribution is -2.32. The highest BCUT2D eigenvalue weighted by Crippen LogP contribution is 2.23. The fraction of sp³-hybridized carbons (Fsp3) is 0.357. The maximum Gasteiger partial charge on any atom is 0.262 e. The van der Waals surface area contributed by atoms with E-state index < -0.39 is 16.1 Å². The summed E-state index contributed by atoms with van der Waals surface area (Å²) in [6.07, 6.45) is 1.47. The summed E-state index contributed by atoms with van der Waals surface area (Å²) in [7, 11) is -3.73. The van der Waals surface area contributed by atoms with Crippen LogP contribution in [0.2, 0.25) is 0 Å². The minimum absolute atomic E-state index is 0.0692. The Hall–Kier alpha value is -2.00. The molecule has 1 aromatic carbocycles. The van der Waals surface area contributed by atoms with Crippen molar-refractivity contribution >= 4 is 44.8 Å². The first-order valence-electron chi connectivity index (χ1n) is 7.19. The highest BCUT2D eigenvalue weighted by atomic mass is 32.2. The topological polar surface area (TPSA) is 90.9 Å². The quantitative estimate of drug-likeness (QED) is 0.784. The molecular formula is C14H16N4O3S2. The molecule has 1 saturated heterocycles. The molecule has 1 aromatic rings. The average Bonchev–Trinajstić information content (AvgIpc) is 3.08. The molecule has 1 fully saturated rings. The van der Waals surface area contributed by atoms with Gasteiger partial charge in [-0.1, -0.05) is 6.07 Å². The monoisotopic (exact) mass is 352 g/mol. The predicted molar refractivity (Wildman–Crippen MR) is 91.0 cm³/mol. The minimum Gasteiger partial charge on any atom is -0.350 e. The van der Waals surface area contributed by atoms with Crippen LogP contribution in [0.3, 0.4) is 0 Å². The molecule has 1 unspecified atom stereocenters. The molecule has 23 heavy (non-hydrogen) atoms. The van der Waals surface area contributed by atoms with Crippen LogP contribution in [0.5, 0.6) is 0 Å². The lowest BCUT2D eigenvalue weighted by molar-refractivity contribution is -0.117. The van der Waals surface area contributed by atoms with E-state index in [2.05, 4.69) is 15.0 Å². The first-order valence-corrected chi connectivity index (χ1v) is 9.08. The van der Waals surface area contributed by atoms with Gasteiger partial charge in [0.25, 0.3) is 15.9 Å². The Morgan fingerprint density at radius 2 is 2.22 bits per heavy atom. The number of benzene rings is 1. The van der Waals surface area contributed by atoms with Gasteiger partial charge in [0.05, 0.1) is 10.6 Å². The number of amidine groups is 1. The Balaban J connectivity index is 1.91. The van der Waals surface area contributed by atoms with Crippen LogP contribution in [0.4, 0.5) is 5.69 Å². The molecule has 9 heteroatoms. The van der Waals surface area contributed by atoms with Crippen LogP contribution >= 0.6 is 12.2 Å².